The van der Waals surface area contributed by atoms with Gasteiger partial charge in [-0.3, -0.25) is 20.2 Å². The van der Waals surface area contributed by atoms with E-state index in [4.69, 9.17) is 28.0 Å². The molecule has 10 heteroatoms. The topological polar surface area (TPSA) is 102 Å². The second kappa shape index (κ2) is 7.47. The molecule has 0 aromatic heterocycles. The number of benzene rings is 2. The maximum absolute atomic E-state index is 12.2. The summed E-state index contributed by atoms with van der Waals surface area (Å²) in [5.74, 6) is -1.16. The van der Waals surface area contributed by atoms with E-state index in [1.807, 2.05) is 0 Å². The zero-order valence-corrected chi connectivity index (χ0v) is 15.8. The van der Waals surface area contributed by atoms with Crippen molar-refractivity contribution in [1.29, 1.82) is 0 Å². The summed E-state index contributed by atoms with van der Waals surface area (Å²) in [5, 5.41) is 5.00. The first-order valence-corrected chi connectivity index (χ1v) is 9.62. The van der Waals surface area contributed by atoms with E-state index in [-0.39, 0.29) is 21.3 Å². The fourth-order valence-electron chi connectivity index (χ4n) is 2.17. The Bertz CT molecular complexity index is 1040. The summed E-state index contributed by atoms with van der Waals surface area (Å²) >= 11 is 10.5. The Morgan fingerprint density at radius 2 is 1.48 bits per heavy atom. The van der Waals surface area contributed by atoms with Crippen molar-refractivity contribution < 1.29 is 22.2 Å². The lowest BCUT2D eigenvalue weighted by Gasteiger charge is -2.16. The van der Waals surface area contributed by atoms with Gasteiger partial charge in [-0.2, -0.15) is 8.42 Å². The van der Waals surface area contributed by atoms with Gasteiger partial charge in [0.1, 0.15) is 16.2 Å². The van der Waals surface area contributed by atoms with Gasteiger partial charge in [0, 0.05) is 5.02 Å². The Labute approximate surface area is 165 Å². The second-order valence-electron chi connectivity index (χ2n) is 5.36. The molecule has 2 amide bonds. The van der Waals surface area contributed by atoms with E-state index >= 15 is 0 Å². The first-order chi connectivity index (χ1) is 12.7. The molecular formula is C17H11ClN2O5S2. The molecule has 1 heterocycles. The number of carbonyl (C=O) groups excluding carboxylic acids is 2. The minimum absolute atomic E-state index is 0.0374. The quantitative estimate of drug-likeness (QED) is 0.338. The molecule has 0 atom stereocenters. The molecule has 2 N–H and O–H groups in total. The molecule has 2 aromatic rings. The molecule has 0 bridgehead atoms. The van der Waals surface area contributed by atoms with Crippen molar-refractivity contribution in [3.05, 3.63) is 64.7 Å². The van der Waals surface area contributed by atoms with Crippen LogP contribution in [0.5, 0.6) is 5.75 Å². The number of amides is 2. The predicted octanol–water partition coefficient (Wildman–Crippen LogP) is 2.02. The van der Waals surface area contributed by atoms with Crippen LogP contribution in [0.25, 0.3) is 6.08 Å². The first kappa shape index (κ1) is 19.0. The van der Waals surface area contributed by atoms with Gasteiger partial charge in [-0.05, 0) is 60.3 Å². The molecule has 2 aromatic carbocycles. The molecule has 1 aliphatic heterocycles. The average Bonchev–Trinajstić information content (AvgIpc) is 2.59. The van der Waals surface area contributed by atoms with Crippen LogP contribution in [0.1, 0.15) is 5.56 Å². The van der Waals surface area contributed by atoms with Gasteiger partial charge >= 0.3 is 10.1 Å². The van der Waals surface area contributed by atoms with E-state index in [9.17, 15) is 18.0 Å². The van der Waals surface area contributed by atoms with Crippen LogP contribution in [0.15, 0.2) is 59.0 Å². The first-order valence-electron chi connectivity index (χ1n) is 7.43. The summed E-state index contributed by atoms with van der Waals surface area (Å²) in [6.07, 6.45) is 1.35. The number of carbonyl (C=O) groups is 2. The van der Waals surface area contributed by atoms with Crippen LogP contribution >= 0.6 is 23.8 Å². The Morgan fingerprint density at radius 3 is 2.04 bits per heavy atom. The van der Waals surface area contributed by atoms with Gasteiger partial charge in [0.05, 0.1) is 0 Å². The number of hydrogen-bond acceptors (Lipinski definition) is 6. The molecule has 27 heavy (non-hydrogen) atoms. The normalized spacial score (nSPS) is 14.4. The molecule has 0 radical (unpaired) electrons. The van der Waals surface area contributed by atoms with Crippen molar-refractivity contribution in [2.45, 2.75) is 4.90 Å². The van der Waals surface area contributed by atoms with Crippen molar-refractivity contribution in [3.63, 3.8) is 0 Å². The molecule has 1 saturated heterocycles. The highest BCUT2D eigenvalue weighted by atomic mass is 35.5. The summed E-state index contributed by atoms with van der Waals surface area (Å²) in [4.78, 5) is 23.6. The smallest absolute Gasteiger partial charge is 0.339 e. The molecule has 1 aliphatic rings. The van der Waals surface area contributed by atoms with Crippen LogP contribution in [0.3, 0.4) is 0 Å². The third-order valence-electron chi connectivity index (χ3n) is 3.44. The summed E-state index contributed by atoms with van der Waals surface area (Å²) < 4.78 is 29.5. The maximum Gasteiger partial charge on any atom is 0.339 e. The van der Waals surface area contributed by atoms with Crippen LogP contribution in [-0.2, 0) is 19.7 Å². The molecule has 3 rings (SSSR count). The lowest BCUT2D eigenvalue weighted by molar-refractivity contribution is -0.123. The Morgan fingerprint density at radius 1 is 0.926 bits per heavy atom. The summed E-state index contributed by atoms with van der Waals surface area (Å²) in [7, 11) is -4.01. The minimum atomic E-state index is -4.01. The maximum atomic E-state index is 12.2. The highest BCUT2D eigenvalue weighted by molar-refractivity contribution is 7.87. The molecular weight excluding hydrogens is 412 g/mol. The van der Waals surface area contributed by atoms with Gasteiger partial charge in [-0.25, -0.2) is 0 Å². The average molecular weight is 423 g/mol. The summed E-state index contributed by atoms with van der Waals surface area (Å²) in [6.45, 7) is 0. The van der Waals surface area contributed by atoms with E-state index in [1.165, 1.54) is 54.6 Å². The summed E-state index contributed by atoms with van der Waals surface area (Å²) in [5.41, 5.74) is 0.380. The Kier molecular flexibility index (Phi) is 5.26. The zero-order chi connectivity index (χ0) is 19.6. The Hall–Kier alpha value is -2.75. The Balaban J connectivity index is 1.78. The largest absolute Gasteiger partial charge is 0.379 e. The lowest BCUT2D eigenvalue weighted by atomic mass is 10.1. The molecule has 0 saturated carbocycles. The van der Waals surface area contributed by atoms with Crippen LogP contribution in [-0.4, -0.2) is 25.3 Å². The highest BCUT2D eigenvalue weighted by Crippen LogP contribution is 2.21. The highest BCUT2D eigenvalue weighted by Gasteiger charge is 2.25. The number of rotatable bonds is 4. The van der Waals surface area contributed by atoms with E-state index in [0.29, 0.717) is 10.6 Å². The molecule has 138 valence electrons. The molecule has 0 spiro atoms. The molecule has 1 fully saturated rings. The third-order valence-corrected chi connectivity index (χ3v) is 5.16. The SMILES string of the molecule is O=C1NC(=S)NC(=O)C1=Cc1ccc(OS(=O)(=O)c2ccc(Cl)cc2)cc1. The fourth-order valence-corrected chi connectivity index (χ4v) is 3.41. The number of hydrogen-bond donors (Lipinski definition) is 2. The van der Waals surface area contributed by atoms with Crippen LogP contribution in [0, 0.1) is 0 Å². The van der Waals surface area contributed by atoms with Crippen molar-refractivity contribution in [3.8, 4) is 5.75 Å². The van der Waals surface area contributed by atoms with Gasteiger partial charge in [0.2, 0.25) is 0 Å². The molecule has 0 unspecified atom stereocenters. The second-order valence-corrected chi connectivity index (χ2v) is 7.75. The van der Waals surface area contributed by atoms with E-state index in [0.717, 1.165) is 0 Å². The monoisotopic (exact) mass is 422 g/mol. The van der Waals surface area contributed by atoms with Crippen molar-refractivity contribution in [2.75, 3.05) is 0 Å². The number of thiocarbonyl (C=S) groups is 1. The molecule has 7 nitrogen and oxygen atoms in total. The molecule has 0 aliphatic carbocycles. The van der Waals surface area contributed by atoms with Crippen molar-refractivity contribution in [2.24, 2.45) is 0 Å². The number of nitrogens with one attached hydrogen (secondary N) is 2. The van der Waals surface area contributed by atoms with Crippen LogP contribution in [0.4, 0.5) is 0 Å². The van der Waals surface area contributed by atoms with E-state index < -0.39 is 21.9 Å². The van der Waals surface area contributed by atoms with E-state index in [1.54, 1.807) is 0 Å². The van der Waals surface area contributed by atoms with Crippen molar-refractivity contribution >= 4 is 56.9 Å². The minimum Gasteiger partial charge on any atom is -0.379 e. The van der Waals surface area contributed by atoms with Crippen molar-refractivity contribution in [1.82, 2.24) is 10.6 Å². The fraction of sp³-hybridized carbons (Fsp3) is 0. The van der Waals surface area contributed by atoms with Gasteiger partial charge in [-0.1, -0.05) is 23.7 Å². The van der Waals surface area contributed by atoms with Crippen LogP contribution < -0.4 is 14.8 Å². The summed E-state index contributed by atoms with van der Waals surface area (Å²) in [6, 6.07) is 11.4. The van der Waals surface area contributed by atoms with Gasteiger partial charge in [0.15, 0.2) is 5.11 Å². The van der Waals surface area contributed by atoms with E-state index in [2.05, 4.69) is 10.6 Å². The van der Waals surface area contributed by atoms with Crippen LogP contribution in [0.2, 0.25) is 5.02 Å². The third kappa shape index (κ3) is 4.51. The van der Waals surface area contributed by atoms with Gasteiger partial charge < -0.3 is 4.18 Å². The number of halogens is 1. The predicted molar refractivity (Wildman–Crippen MR) is 103 cm³/mol. The lowest BCUT2D eigenvalue weighted by Crippen LogP contribution is -2.51. The zero-order valence-electron chi connectivity index (χ0n) is 13.4. The van der Waals surface area contributed by atoms with Gasteiger partial charge in [-0.15, -0.1) is 0 Å². The van der Waals surface area contributed by atoms with Gasteiger partial charge in [0.25, 0.3) is 11.8 Å². The standard InChI is InChI=1S/C17H11ClN2O5S2/c18-11-3-7-13(8-4-11)27(23,24)25-12-5-1-10(2-6-12)9-14-15(21)19-17(26)20-16(14)22/h1-9H,(H2,19,20,21,22,26).